The molecule has 1 aromatic carbocycles. The molecule has 1 saturated carbocycles. The summed E-state index contributed by atoms with van der Waals surface area (Å²) in [5, 5.41) is 0. The van der Waals surface area contributed by atoms with Crippen LogP contribution in [-0.2, 0) is 0 Å². The molecule has 0 amide bonds. The van der Waals surface area contributed by atoms with Crippen molar-refractivity contribution < 1.29 is 9.53 Å². The maximum atomic E-state index is 12.7. The molecule has 2 atom stereocenters. The fraction of sp³-hybridized carbons (Fsp3) is 0.562. The second-order valence-electron chi connectivity index (χ2n) is 5.94. The Morgan fingerprint density at radius 1 is 1.47 bits per heavy atom. The second kappa shape index (κ2) is 5.33. The van der Waals surface area contributed by atoms with Crippen molar-refractivity contribution in [3.05, 3.63) is 29.8 Å². The van der Waals surface area contributed by atoms with Crippen LogP contribution in [0.3, 0.4) is 0 Å². The van der Waals surface area contributed by atoms with Crippen LogP contribution in [0, 0.1) is 5.41 Å². The molecule has 19 heavy (non-hydrogen) atoms. The van der Waals surface area contributed by atoms with Crippen LogP contribution in [0.5, 0.6) is 5.75 Å². The number of carbonyl (C=O) groups excluding carboxylic acids is 1. The molecule has 2 N–H and O–H groups in total. The average molecular weight is 261 g/mol. The number of rotatable bonds is 4. The molecule has 0 heterocycles. The van der Waals surface area contributed by atoms with Gasteiger partial charge in [0.2, 0.25) is 0 Å². The number of hydrogen-bond acceptors (Lipinski definition) is 3. The van der Waals surface area contributed by atoms with Crippen molar-refractivity contribution in [1.29, 1.82) is 0 Å². The minimum Gasteiger partial charge on any atom is -0.491 e. The molecular formula is C16H23NO2. The van der Waals surface area contributed by atoms with E-state index in [4.69, 9.17) is 10.5 Å². The van der Waals surface area contributed by atoms with Crippen molar-refractivity contribution in [1.82, 2.24) is 0 Å². The van der Waals surface area contributed by atoms with Gasteiger partial charge in [0, 0.05) is 17.0 Å². The number of Topliss-reactive ketones (excluding diaryl/α,β-unsaturated/α-hetero) is 1. The molecule has 0 radical (unpaired) electrons. The predicted molar refractivity (Wildman–Crippen MR) is 76.5 cm³/mol. The van der Waals surface area contributed by atoms with E-state index in [0.29, 0.717) is 5.56 Å². The van der Waals surface area contributed by atoms with Crippen LogP contribution in [0.4, 0.5) is 0 Å². The van der Waals surface area contributed by atoms with Gasteiger partial charge in [-0.05, 0) is 38.8 Å². The topological polar surface area (TPSA) is 52.3 Å². The van der Waals surface area contributed by atoms with Crippen LogP contribution in [0.1, 0.15) is 50.4 Å². The van der Waals surface area contributed by atoms with Gasteiger partial charge in [-0.1, -0.05) is 25.5 Å². The summed E-state index contributed by atoms with van der Waals surface area (Å²) in [5.74, 6) is 0.891. The molecule has 1 fully saturated rings. The largest absolute Gasteiger partial charge is 0.491 e. The lowest BCUT2D eigenvalue weighted by atomic mass is 9.78. The molecule has 2 unspecified atom stereocenters. The van der Waals surface area contributed by atoms with Crippen LogP contribution < -0.4 is 10.5 Å². The molecule has 0 spiro atoms. The quantitative estimate of drug-likeness (QED) is 0.847. The van der Waals surface area contributed by atoms with Crippen molar-refractivity contribution in [3.8, 4) is 5.75 Å². The van der Waals surface area contributed by atoms with Gasteiger partial charge in [0.1, 0.15) is 5.75 Å². The summed E-state index contributed by atoms with van der Waals surface area (Å²) in [7, 11) is 0. The van der Waals surface area contributed by atoms with Gasteiger partial charge in [-0.15, -0.1) is 0 Å². The lowest BCUT2D eigenvalue weighted by molar-refractivity contribution is 0.0802. The van der Waals surface area contributed by atoms with E-state index in [2.05, 4.69) is 0 Å². The first-order valence-electron chi connectivity index (χ1n) is 7.00. The molecule has 1 aliphatic carbocycles. The zero-order chi connectivity index (χ0) is 14.0. The molecule has 0 aromatic heterocycles. The molecule has 1 aliphatic rings. The lowest BCUT2D eigenvalue weighted by Gasteiger charge is -2.27. The van der Waals surface area contributed by atoms with E-state index in [0.717, 1.165) is 25.0 Å². The average Bonchev–Trinajstić information content (AvgIpc) is 2.69. The van der Waals surface area contributed by atoms with Crippen molar-refractivity contribution in [2.45, 2.75) is 52.2 Å². The first-order chi connectivity index (χ1) is 8.93. The van der Waals surface area contributed by atoms with Crippen LogP contribution in [-0.4, -0.2) is 17.9 Å². The Balaban J connectivity index is 2.24. The molecule has 0 aliphatic heterocycles. The summed E-state index contributed by atoms with van der Waals surface area (Å²) >= 11 is 0. The summed E-state index contributed by atoms with van der Waals surface area (Å²) in [6, 6.07) is 7.40. The minimum absolute atomic E-state index is 0.0327. The van der Waals surface area contributed by atoms with Crippen LogP contribution in [0.15, 0.2) is 24.3 Å². The van der Waals surface area contributed by atoms with E-state index < -0.39 is 5.41 Å². The van der Waals surface area contributed by atoms with Crippen LogP contribution in [0.2, 0.25) is 0 Å². The smallest absolute Gasteiger partial charge is 0.170 e. The standard InChI is InChI=1S/C16H23NO2/c1-11(2)19-13-7-4-6-12(10-13)15(18)16(3)9-5-8-14(16)17/h4,6-7,10-11,14H,5,8-9,17H2,1-3H3. The Hall–Kier alpha value is -1.35. The molecule has 1 aromatic rings. The third-order valence-corrected chi connectivity index (χ3v) is 4.02. The van der Waals surface area contributed by atoms with E-state index in [-0.39, 0.29) is 17.9 Å². The van der Waals surface area contributed by atoms with Gasteiger partial charge in [-0.2, -0.15) is 0 Å². The number of ketones is 1. The summed E-state index contributed by atoms with van der Waals surface area (Å²) in [4.78, 5) is 12.7. The van der Waals surface area contributed by atoms with Crippen molar-refractivity contribution >= 4 is 5.78 Å². The minimum atomic E-state index is -0.420. The molecule has 2 rings (SSSR count). The van der Waals surface area contributed by atoms with E-state index in [1.807, 2.05) is 45.0 Å². The van der Waals surface area contributed by atoms with Crippen molar-refractivity contribution in [2.75, 3.05) is 0 Å². The zero-order valence-electron chi connectivity index (χ0n) is 12.0. The number of nitrogens with two attached hydrogens (primary N) is 1. The van der Waals surface area contributed by atoms with Crippen LogP contribution in [0.25, 0.3) is 0 Å². The zero-order valence-corrected chi connectivity index (χ0v) is 12.0. The maximum absolute atomic E-state index is 12.7. The van der Waals surface area contributed by atoms with Gasteiger partial charge < -0.3 is 10.5 Å². The highest BCUT2D eigenvalue weighted by molar-refractivity contribution is 6.01. The fourth-order valence-electron chi connectivity index (χ4n) is 2.79. The third-order valence-electron chi connectivity index (χ3n) is 4.02. The molecule has 104 valence electrons. The first-order valence-corrected chi connectivity index (χ1v) is 7.00. The first kappa shape index (κ1) is 14.1. The number of ether oxygens (including phenoxy) is 1. The van der Waals surface area contributed by atoms with E-state index >= 15 is 0 Å². The SMILES string of the molecule is CC(C)Oc1cccc(C(=O)C2(C)CCCC2N)c1. The predicted octanol–water partition coefficient (Wildman–Crippen LogP) is 3.17. The van der Waals surface area contributed by atoms with Gasteiger partial charge >= 0.3 is 0 Å². The van der Waals surface area contributed by atoms with Gasteiger partial charge in [0.25, 0.3) is 0 Å². The summed E-state index contributed by atoms with van der Waals surface area (Å²) in [6.07, 6.45) is 2.95. The van der Waals surface area contributed by atoms with E-state index in [9.17, 15) is 4.79 Å². The Kier molecular flexibility index (Phi) is 3.95. The molecule has 0 saturated heterocycles. The number of benzene rings is 1. The fourth-order valence-corrected chi connectivity index (χ4v) is 2.79. The number of carbonyl (C=O) groups is 1. The third kappa shape index (κ3) is 2.81. The lowest BCUT2D eigenvalue weighted by Crippen LogP contribution is -2.41. The molecule has 0 bridgehead atoms. The summed E-state index contributed by atoms with van der Waals surface area (Å²) in [6.45, 7) is 5.94. The van der Waals surface area contributed by atoms with Crippen LogP contribution >= 0.6 is 0 Å². The normalized spacial score (nSPS) is 26.7. The Morgan fingerprint density at radius 2 is 2.21 bits per heavy atom. The maximum Gasteiger partial charge on any atom is 0.170 e. The van der Waals surface area contributed by atoms with Crippen molar-refractivity contribution in [2.24, 2.45) is 11.1 Å². The Labute approximate surface area is 115 Å². The monoisotopic (exact) mass is 261 g/mol. The Morgan fingerprint density at radius 3 is 2.79 bits per heavy atom. The van der Waals surface area contributed by atoms with Crippen molar-refractivity contribution in [3.63, 3.8) is 0 Å². The second-order valence-corrected chi connectivity index (χ2v) is 5.94. The molecular weight excluding hydrogens is 238 g/mol. The van der Waals surface area contributed by atoms with Gasteiger partial charge in [0.15, 0.2) is 5.78 Å². The summed E-state index contributed by atoms with van der Waals surface area (Å²) < 4.78 is 5.64. The highest BCUT2D eigenvalue weighted by Crippen LogP contribution is 2.39. The Bertz CT molecular complexity index is 470. The van der Waals surface area contributed by atoms with E-state index in [1.165, 1.54) is 0 Å². The van der Waals surface area contributed by atoms with Gasteiger partial charge in [-0.25, -0.2) is 0 Å². The highest BCUT2D eigenvalue weighted by atomic mass is 16.5. The molecule has 3 heteroatoms. The van der Waals surface area contributed by atoms with Gasteiger partial charge in [-0.3, -0.25) is 4.79 Å². The number of hydrogen-bond donors (Lipinski definition) is 1. The summed E-state index contributed by atoms with van der Waals surface area (Å²) in [5.41, 5.74) is 6.40. The molecule has 3 nitrogen and oxygen atoms in total. The highest BCUT2D eigenvalue weighted by Gasteiger charge is 2.43. The van der Waals surface area contributed by atoms with Gasteiger partial charge in [0.05, 0.1) is 6.10 Å². The van der Waals surface area contributed by atoms with E-state index in [1.54, 1.807) is 0 Å².